The third-order valence-corrected chi connectivity index (χ3v) is 5.70. The van der Waals surface area contributed by atoms with Gasteiger partial charge in [-0.3, -0.25) is 14.6 Å². The molecule has 0 aliphatic heterocycles. The van der Waals surface area contributed by atoms with Crippen molar-refractivity contribution in [1.82, 2.24) is 4.98 Å². The van der Waals surface area contributed by atoms with Gasteiger partial charge in [-0.05, 0) is 62.8 Å². The second kappa shape index (κ2) is 12.1. The van der Waals surface area contributed by atoms with E-state index in [9.17, 15) is 18.4 Å². The average molecular weight is 546 g/mol. The number of carbonyl (C=O) groups excluding carboxylic acids is 2. The van der Waals surface area contributed by atoms with Crippen LogP contribution in [0.5, 0.6) is 11.5 Å². The minimum atomic E-state index is -3.05. The number of carbonyl (C=O) groups is 2. The first-order chi connectivity index (χ1) is 16.9. The lowest BCUT2D eigenvalue weighted by molar-refractivity contribution is -0.163. The number of rotatable bonds is 11. The molecule has 1 aliphatic carbocycles. The third kappa shape index (κ3) is 8.78. The first-order valence-electron chi connectivity index (χ1n) is 11.3. The summed E-state index contributed by atoms with van der Waals surface area (Å²) in [4.78, 5) is 28.7. The molecular formula is C25H27Cl2F2NO6. The van der Waals surface area contributed by atoms with Crippen LogP contribution in [0.2, 0.25) is 10.0 Å². The van der Waals surface area contributed by atoms with Gasteiger partial charge in [0.05, 0.1) is 16.7 Å². The van der Waals surface area contributed by atoms with Crippen LogP contribution in [0.3, 0.4) is 0 Å². The quantitative estimate of drug-likeness (QED) is 0.240. The van der Waals surface area contributed by atoms with Crippen LogP contribution in [0.4, 0.5) is 8.78 Å². The lowest BCUT2D eigenvalue weighted by Crippen LogP contribution is -2.26. The number of esters is 2. The number of benzene rings is 1. The Labute approximate surface area is 218 Å². The summed E-state index contributed by atoms with van der Waals surface area (Å²) < 4.78 is 47.0. The first kappa shape index (κ1) is 27.9. The van der Waals surface area contributed by atoms with E-state index in [2.05, 4.69) is 9.72 Å². The van der Waals surface area contributed by atoms with Gasteiger partial charge in [-0.15, -0.1) is 0 Å². The summed E-state index contributed by atoms with van der Waals surface area (Å²) >= 11 is 12.5. The fraction of sp³-hybridized carbons (Fsp3) is 0.480. The van der Waals surface area contributed by atoms with Crippen molar-refractivity contribution in [2.75, 3.05) is 6.61 Å². The molecule has 1 fully saturated rings. The van der Waals surface area contributed by atoms with Gasteiger partial charge in [0.1, 0.15) is 18.1 Å². The zero-order chi connectivity index (χ0) is 26.5. The third-order valence-electron chi connectivity index (χ3n) is 5.05. The van der Waals surface area contributed by atoms with Gasteiger partial charge in [0.15, 0.2) is 11.5 Å². The van der Waals surface area contributed by atoms with E-state index >= 15 is 0 Å². The summed E-state index contributed by atoms with van der Waals surface area (Å²) in [6.45, 7) is 2.33. The average Bonchev–Trinajstić information content (AvgIpc) is 3.57. The van der Waals surface area contributed by atoms with Crippen molar-refractivity contribution < 1.29 is 37.3 Å². The van der Waals surface area contributed by atoms with Crippen molar-refractivity contribution in [2.45, 2.75) is 64.8 Å². The molecule has 196 valence electrons. The predicted octanol–water partition coefficient (Wildman–Crippen LogP) is 6.34. The van der Waals surface area contributed by atoms with Crippen LogP contribution in [0, 0.1) is 5.92 Å². The molecule has 0 unspecified atom stereocenters. The molecule has 0 N–H and O–H groups in total. The minimum absolute atomic E-state index is 0.0252. The molecule has 2 aromatic rings. The molecule has 0 bridgehead atoms. The molecule has 0 saturated heterocycles. The molecule has 3 rings (SSSR count). The molecule has 0 radical (unpaired) electrons. The summed E-state index contributed by atoms with van der Waals surface area (Å²) in [5, 5.41) is 0.497. The highest BCUT2D eigenvalue weighted by atomic mass is 35.5. The smallest absolute Gasteiger partial charge is 0.387 e. The first-order valence-corrected chi connectivity index (χ1v) is 12.1. The summed E-state index contributed by atoms with van der Waals surface area (Å²) in [7, 11) is 0. The molecule has 0 amide bonds. The molecule has 11 heteroatoms. The summed E-state index contributed by atoms with van der Waals surface area (Å²) in [6, 6.07) is 4.25. The Morgan fingerprint density at radius 2 is 1.75 bits per heavy atom. The zero-order valence-electron chi connectivity index (χ0n) is 20.1. The topological polar surface area (TPSA) is 84.0 Å². The molecule has 1 aliphatic rings. The van der Waals surface area contributed by atoms with Crippen LogP contribution in [0.1, 0.15) is 57.3 Å². The van der Waals surface area contributed by atoms with Gasteiger partial charge in [0, 0.05) is 18.8 Å². The second-order valence-corrected chi connectivity index (χ2v) is 10.2. The zero-order valence-corrected chi connectivity index (χ0v) is 21.6. The van der Waals surface area contributed by atoms with Gasteiger partial charge in [-0.2, -0.15) is 8.78 Å². The fourth-order valence-electron chi connectivity index (χ4n) is 3.27. The molecule has 1 saturated carbocycles. The Hall–Kier alpha value is -2.65. The summed E-state index contributed by atoms with van der Waals surface area (Å²) in [6.07, 6.45) is 3.20. The number of hydrogen-bond donors (Lipinski definition) is 0. The Balaban J connectivity index is 1.89. The normalized spacial score (nSPS) is 14.3. The van der Waals surface area contributed by atoms with Gasteiger partial charge in [0.2, 0.25) is 0 Å². The Bertz CT molecular complexity index is 1070. The van der Waals surface area contributed by atoms with Crippen LogP contribution in [-0.2, 0) is 25.5 Å². The van der Waals surface area contributed by atoms with Gasteiger partial charge >= 0.3 is 18.6 Å². The summed E-state index contributed by atoms with van der Waals surface area (Å²) in [5.74, 6) is -1.30. The van der Waals surface area contributed by atoms with Crippen LogP contribution in [-0.4, -0.2) is 35.7 Å². The molecule has 7 nitrogen and oxygen atoms in total. The van der Waals surface area contributed by atoms with Crippen molar-refractivity contribution in [3.8, 4) is 11.5 Å². The predicted molar refractivity (Wildman–Crippen MR) is 129 cm³/mol. The van der Waals surface area contributed by atoms with E-state index in [1.807, 2.05) is 0 Å². The van der Waals surface area contributed by atoms with Crippen molar-refractivity contribution in [3.63, 3.8) is 0 Å². The fourth-order valence-corrected chi connectivity index (χ4v) is 3.78. The lowest BCUT2D eigenvalue weighted by atomic mass is 10.0. The van der Waals surface area contributed by atoms with Gasteiger partial charge in [-0.1, -0.05) is 29.3 Å². The maximum absolute atomic E-state index is 12.9. The maximum atomic E-state index is 12.9. The standard InChI is InChI=1S/C25H27Cl2F2NO6/c1-25(2,3)36-23(32)10-22(31)34-20(9-16-17(26)11-30-12-18(16)27)15-6-7-19(35-24(28)29)21(8-15)33-13-14-4-5-14/h6-8,11-12,14,20,24H,4-5,9-10,13H2,1-3H3/t20-/m0/s1. The van der Waals surface area contributed by atoms with E-state index in [-0.39, 0.29) is 28.0 Å². The molecule has 1 aromatic carbocycles. The van der Waals surface area contributed by atoms with Crippen molar-refractivity contribution in [1.29, 1.82) is 0 Å². The van der Waals surface area contributed by atoms with Crippen molar-refractivity contribution >= 4 is 35.1 Å². The van der Waals surface area contributed by atoms with E-state index in [4.69, 9.17) is 37.4 Å². The monoisotopic (exact) mass is 545 g/mol. The van der Waals surface area contributed by atoms with Crippen molar-refractivity contribution in [2.24, 2.45) is 5.92 Å². The van der Waals surface area contributed by atoms with E-state index in [0.29, 0.717) is 23.7 Å². The molecule has 0 spiro atoms. The van der Waals surface area contributed by atoms with E-state index < -0.39 is 36.7 Å². The lowest BCUT2D eigenvalue weighted by Gasteiger charge is -2.22. The molecule has 1 aromatic heterocycles. The van der Waals surface area contributed by atoms with Gasteiger partial charge in [0.25, 0.3) is 0 Å². The highest BCUT2D eigenvalue weighted by Crippen LogP contribution is 2.38. The second-order valence-electron chi connectivity index (χ2n) is 9.37. The highest BCUT2D eigenvalue weighted by Gasteiger charge is 2.27. The van der Waals surface area contributed by atoms with E-state index in [1.165, 1.54) is 30.6 Å². The molecule has 1 heterocycles. The largest absolute Gasteiger partial charge is 0.489 e. The van der Waals surface area contributed by atoms with Gasteiger partial charge < -0.3 is 18.9 Å². The summed E-state index contributed by atoms with van der Waals surface area (Å²) in [5.41, 5.74) is 0.0871. The van der Waals surface area contributed by atoms with Crippen LogP contribution < -0.4 is 9.47 Å². The van der Waals surface area contributed by atoms with Crippen LogP contribution in [0.25, 0.3) is 0 Å². The number of halogens is 4. The number of ether oxygens (including phenoxy) is 4. The Morgan fingerprint density at radius 1 is 1.08 bits per heavy atom. The number of pyridine rings is 1. The van der Waals surface area contributed by atoms with Gasteiger partial charge in [-0.25, -0.2) is 0 Å². The molecular weight excluding hydrogens is 519 g/mol. The maximum Gasteiger partial charge on any atom is 0.387 e. The molecule has 1 atom stereocenters. The number of nitrogens with zero attached hydrogens (tertiary/aromatic N) is 1. The van der Waals surface area contributed by atoms with E-state index in [1.54, 1.807) is 20.8 Å². The Morgan fingerprint density at radius 3 is 2.33 bits per heavy atom. The van der Waals surface area contributed by atoms with E-state index in [0.717, 1.165) is 12.8 Å². The number of aromatic nitrogens is 1. The SMILES string of the molecule is CC(C)(C)OC(=O)CC(=O)O[C@@H](Cc1c(Cl)cncc1Cl)c1ccc(OC(F)F)c(OCC2CC2)c1. The number of alkyl halides is 2. The molecule has 36 heavy (non-hydrogen) atoms. The minimum Gasteiger partial charge on any atom is -0.489 e. The van der Waals surface area contributed by atoms with Crippen LogP contribution in [0.15, 0.2) is 30.6 Å². The number of hydrogen-bond acceptors (Lipinski definition) is 7. The highest BCUT2D eigenvalue weighted by molar-refractivity contribution is 6.35. The van der Waals surface area contributed by atoms with Crippen LogP contribution >= 0.6 is 23.2 Å². The van der Waals surface area contributed by atoms with Crippen molar-refractivity contribution in [3.05, 3.63) is 51.8 Å². The Kier molecular flexibility index (Phi) is 9.35.